The maximum atomic E-state index is 6.47. The Labute approximate surface area is 272 Å². The predicted octanol–water partition coefficient (Wildman–Crippen LogP) is 12.9. The van der Waals surface area contributed by atoms with E-state index in [-0.39, 0.29) is 0 Å². The molecule has 0 aliphatic heterocycles. The third-order valence-electron chi connectivity index (χ3n) is 8.89. The Balaban J connectivity index is 1.22. The van der Waals surface area contributed by atoms with Crippen molar-refractivity contribution in [3.8, 4) is 11.5 Å². The summed E-state index contributed by atoms with van der Waals surface area (Å²) >= 11 is 3.69. The van der Waals surface area contributed by atoms with Crippen molar-refractivity contribution in [3.63, 3.8) is 0 Å². The topological polar surface area (TPSA) is 29.3 Å². The first kappa shape index (κ1) is 25.8. The highest BCUT2D eigenvalue weighted by atomic mass is 32.1. The van der Waals surface area contributed by atoms with Gasteiger partial charge in [0.05, 0.1) is 5.69 Å². The van der Waals surface area contributed by atoms with Gasteiger partial charge < -0.3 is 9.32 Å². The summed E-state index contributed by atoms with van der Waals surface area (Å²) < 4.78 is 11.6. The van der Waals surface area contributed by atoms with E-state index in [0.717, 1.165) is 44.5 Å². The molecule has 10 aromatic rings. The van der Waals surface area contributed by atoms with Crippen LogP contribution in [-0.4, -0.2) is 4.98 Å². The number of aromatic nitrogens is 1. The summed E-state index contributed by atoms with van der Waals surface area (Å²) in [5, 5.41) is 7.34. The highest BCUT2D eigenvalue weighted by molar-refractivity contribution is 7.26. The number of fused-ring (bicyclic) bond motifs is 9. The van der Waals surface area contributed by atoms with Crippen LogP contribution in [0.2, 0.25) is 0 Å². The standard InChI is InChI=1S/C41H24N2OS2/c1-2-9-25(10-3-1)41-42-34-22-21-28-33(40(34)44-41)13-8-14-35(28)43(26-17-19-31-29-11-4-6-15-36(29)45-38(31)23-26)27-18-20-32-30-12-5-7-16-37(30)46-39(32)24-27/h1-24H. The zero-order valence-electron chi connectivity index (χ0n) is 24.5. The van der Waals surface area contributed by atoms with E-state index in [2.05, 4.69) is 120 Å². The summed E-state index contributed by atoms with van der Waals surface area (Å²) in [5.74, 6) is 0.635. The van der Waals surface area contributed by atoms with Crippen molar-refractivity contribution >= 4 is 102 Å². The monoisotopic (exact) mass is 624 g/mol. The van der Waals surface area contributed by atoms with Crippen molar-refractivity contribution in [3.05, 3.63) is 146 Å². The molecule has 0 radical (unpaired) electrons. The molecule has 0 atom stereocenters. The summed E-state index contributed by atoms with van der Waals surface area (Å²) in [7, 11) is 0. The fourth-order valence-electron chi connectivity index (χ4n) is 6.76. The van der Waals surface area contributed by atoms with Gasteiger partial charge in [0.15, 0.2) is 5.58 Å². The Hall–Kier alpha value is -5.49. The minimum absolute atomic E-state index is 0.635. The first-order valence-electron chi connectivity index (χ1n) is 15.3. The largest absolute Gasteiger partial charge is 0.435 e. The van der Waals surface area contributed by atoms with Gasteiger partial charge in [-0.25, -0.2) is 4.98 Å². The van der Waals surface area contributed by atoms with Crippen molar-refractivity contribution in [2.45, 2.75) is 0 Å². The zero-order chi connectivity index (χ0) is 30.2. The van der Waals surface area contributed by atoms with E-state index in [0.29, 0.717) is 5.89 Å². The van der Waals surface area contributed by atoms with Crippen LogP contribution >= 0.6 is 22.7 Å². The summed E-state index contributed by atoms with van der Waals surface area (Å²) in [6, 6.07) is 52.0. The molecule has 0 aliphatic rings. The van der Waals surface area contributed by atoms with E-state index in [9.17, 15) is 0 Å². The van der Waals surface area contributed by atoms with Gasteiger partial charge in [-0.1, -0.05) is 78.9 Å². The van der Waals surface area contributed by atoms with Gasteiger partial charge in [0.1, 0.15) is 5.52 Å². The van der Waals surface area contributed by atoms with Crippen molar-refractivity contribution in [1.82, 2.24) is 4.98 Å². The van der Waals surface area contributed by atoms with Gasteiger partial charge in [0.25, 0.3) is 0 Å². The highest BCUT2D eigenvalue weighted by Crippen LogP contribution is 2.45. The molecule has 5 heteroatoms. The first-order valence-corrected chi connectivity index (χ1v) is 16.9. The van der Waals surface area contributed by atoms with Crippen LogP contribution in [0.4, 0.5) is 17.1 Å². The highest BCUT2D eigenvalue weighted by Gasteiger charge is 2.20. The molecule has 0 unspecified atom stereocenters. The minimum Gasteiger partial charge on any atom is -0.435 e. The van der Waals surface area contributed by atoms with Gasteiger partial charge in [-0.3, -0.25) is 0 Å². The third-order valence-corrected chi connectivity index (χ3v) is 11.2. The molecule has 3 heterocycles. The van der Waals surface area contributed by atoms with E-state index in [1.54, 1.807) is 0 Å². The SMILES string of the molecule is c1ccc(-c2nc3ccc4c(N(c5ccc6c(c5)sc5ccccc56)c5ccc6c(c5)sc5ccccc56)cccc4c3o2)cc1. The molecule has 3 nitrogen and oxygen atoms in total. The normalized spacial score (nSPS) is 11.9. The van der Waals surface area contributed by atoms with Gasteiger partial charge in [0, 0.05) is 68.1 Å². The van der Waals surface area contributed by atoms with E-state index in [1.165, 1.54) is 40.3 Å². The van der Waals surface area contributed by atoms with Crippen molar-refractivity contribution in [2.75, 3.05) is 4.90 Å². The molecule has 10 rings (SSSR count). The van der Waals surface area contributed by atoms with Crippen molar-refractivity contribution in [1.29, 1.82) is 0 Å². The molecule has 0 spiro atoms. The van der Waals surface area contributed by atoms with Gasteiger partial charge in [-0.05, 0) is 66.7 Å². The molecule has 0 amide bonds. The van der Waals surface area contributed by atoms with Crippen LogP contribution in [-0.2, 0) is 0 Å². The Morgan fingerprint density at radius 1 is 0.457 bits per heavy atom. The molecule has 7 aromatic carbocycles. The maximum Gasteiger partial charge on any atom is 0.227 e. The van der Waals surface area contributed by atoms with Crippen molar-refractivity contribution in [2.24, 2.45) is 0 Å². The minimum atomic E-state index is 0.635. The lowest BCUT2D eigenvalue weighted by Gasteiger charge is -2.27. The van der Waals surface area contributed by atoms with Crippen LogP contribution in [0.25, 0.3) is 73.7 Å². The molecule has 0 fully saturated rings. The molecule has 0 N–H and O–H groups in total. The number of nitrogens with zero attached hydrogens (tertiary/aromatic N) is 2. The number of oxazole rings is 1. The fourth-order valence-corrected chi connectivity index (χ4v) is 9.04. The quantitative estimate of drug-likeness (QED) is 0.195. The van der Waals surface area contributed by atoms with Gasteiger partial charge in [0.2, 0.25) is 5.89 Å². The fraction of sp³-hybridized carbons (Fsp3) is 0. The number of hydrogen-bond donors (Lipinski definition) is 0. The van der Waals surface area contributed by atoms with E-state index >= 15 is 0 Å². The third kappa shape index (κ3) is 3.92. The molecule has 0 saturated heterocycles. The molecular weight excluding hydrogens is 601 g/mol. The summed E-state index contributed by atoms with van der Waals surface area (Å²) in [5.41, 5.74) is 5.96. The van der Waals surface area contributed by atoms with E-state index in [1.807, 2.05) is 53.0 Å². The second-order valence-corrected chi connectivity index (χ2v) is 13.7. The van der Waals surface area contributed by atoms with Crippen LogP contribution in [0.1, 0.15) is 0 Å². The number of benzene rings is 7. The molecule has 0 aliphatic carbocycles. The molecule has 46 heavy (non-hydrogen) atoms. The second-order valence-electron chi connectivity index (χ2n) is 11.6. The Morgan fingerprint density at radius 3 is 1.70 bits per heavy atom. The van der Waals surface area contributed by atoms with Crippen LogP contribution in [0.15, 0.2) is 150 Å². The molecule has 0 saturated carbocycles. The van der Waals surface area contributed by atoms with Crippen LogP contribution in [0.3, 0.4) is 0 Å². The lowest BCUT2D eigenvalue weighted by molar-refractivity contribution is 0.623. The smallest absolute Gasteiger partial charge is 0.227 e. The molecule has 0 bridgehead atoms. The number of rotatable bonds is 4. The Kier molecular flexibility index (Phi) is 5.61. The average Bonchev–Trinajstić information content (AvgIpc) is 3.82. The Bertz CT molecular complexity index is 2660. The summed E-state index contributed by atoms with van der Waals surface area (Å²) in [6.45, 7) is 0. The summed E-state index contributed by atoms with van der Waals surface area (Å²) in [4.78, 5) is 7.26. The lowest BCUT2D eigenvalue weighted by atomic mass is 10.0. The second kappa shape index (κ2) is 10.0. The van der Waals surface area contributed by atoms with Crippen LogP contribution < -0.4 is 4.90 Å². The predicted molar refractivity (Wildman–Crippen MR) is 197 cm³/mol. The van der Waals surface area contributed by atoms with E-state index < -0.39 is 0 Å². The van der Waals surface area contributed by atoms with Crippen molar-refractivity contribution < 1.29 is 4.42 Å². The maximum absolute atomic E-state index is 6.47. The van der Waals surface area contributed by atoms with Gasteiger partial charge in [-0.15, -0.1) is 22.7 Å². The number of hydrogen-bond acceptors (Lipinski definition) is 5. The molecule has 3 aromatic heterocycles. The van der Waals surface area contributed by atoms with Crippen LogP contribution in [0, 0.1) is 0 Å². The molecular formula is C41H24N2OS2. The van der Waals surface area contributed by atoms with Gasteiger partial charge >= 0.3 is 0 Å². The zero-order valence-corrected chi connectivity index (χ0v) is 26.1. The number of thiophene rings is 2. The first-order chi connectivity index (χ1) is 22.8. The van der Waals surface area contributed by atoms with E-state index in [4.69, 9.17) is 9.40 Å². The number of anilines is 3. The van der Waals surface area contributed by atoms with Crippen LogP contribution in [0.5, 0.6) is 0 Å². The Morgan fingerprint density at radius 2 is 1.02 bits per heavy atom. The summed E-state index contributed by atoms with van der Waals surface area (Å²) in [6.07, 6.45) is 0. The molecule has 216 valence electrons. The average molecular weight is 625 g/mol. The lowest BCUT2D eigenvalue weighted by Crippen LogP contribution is -2.10. The van der Waals surface area contributed by atoms with Gasteiger partial charge in [-0.2, -0.15) is 0 Å².